The Morgan fingerprint density at radius 3 is 2.38 bits per heavy atom. The summed E-state index contributed by atoms with van der Waals surface area (Å²) in [6.07, 6.45) is 2.34. The zero-order valence-electron chi connectivity index (χ0n) is 11.0. The van der Waals surface area contributed by atoms with E-state index < -0.39 is 0 Å². The third-order valence-electron chi connectivity index (χ3n) is 1.42. The summed E-state index contributed by atoms with van der Waals surface area (Å²) in [6.45, 7) is 10.1. The molecule has 16 heavy (non-hydrogen) atoms. The lowest BCUT2D eigenvalue weighted by molar-refractivity contribution is -0.117. The summed E-state index contributed by atoms with van der Waals surface area (Å²) in [5.41, 5.74) is 5.84. The third-order valence-corrected chi connectivity index (χ3v) is 2.38. The van der Waals surface area contributed by atoms with Crippen molar-refractivity contribution in [2.45, 2.75) is 53.9 Å². The van der Waals surface area contributed by atoms with Gasteiger partial charge in [-0.25, -0.2) is 4.98 Å². The molecule has 1 aromatic heterocycles. The van der Waals surface area contributed by atoms with E-state index in [2.05, 4.69) is 11.9 Å². The molecule has 0 saturated carbocycles. The van der Waals surface area contributed by atoms with Crippen molar-refractivity contribution >= 4 is 17.2 Å². The first-order chi connectivity index (χ1) is 7.72. The number of rotatable bonds is 4. The van der Waals surface area contributed by atoms with Gasteiger partial charge in [0.1, 0.15) is 0 Å². The van der Waals surface area contributed by atoms with Crippen LogP contribution in [0, 0.1) is 0 Å². The fourth-order valence-corrected chi connectivity index (χ4v) is 1.84. The number of carbonyl (C=O) groups excluding carboxylic acids is 1. The van der Waals surface area contributed by atoms with Crippen LogP contribution >= 0.6 is 11.3 Å². The summed E-state index contributed by atoms with van der Waals surface area (Å²) in [5.74, 6) is -0.316. The highest BCUT2D eigenvalue weighted by Gasteiger charge is 2.03. The number of aryl methyl sites for hydroxylation is 1. The van der Waals surface area contributed by atoms with Crippen molar-refractivity contribution < 1.29 is 4.79 Å². The molecule has 0 spiro atoms. The minimum atomic E-state index is -0.316. The second kappa shape index (κ2) is 12.2. The highest BCUT2D eigenvalue weighted by molar-refractivity contribution is 7.09. The molecule has 1 rings (SSSR count). The first-order valence-corrected chi connectivity index (χ1v) is 6.82. The number of aromatic nitrogens is 1. The summed E-state index contributed by atoms with van der Waals surface area (Å²) < 4.78 is 0. The van der Waals surface area contributed by atoms with E-state index in [0.717, 1.165) is 23.5 Å². The van der Waals surface area contributed by atoms with Crippen LogP contribution in [0.4, 0.5) is 0 Å². The summed E-state index contributed by atoms with van der Waals surface area (Å²) in [7, 11) is 0. The van der Waals surface area contributed by atoms with E-state index in [-0.39, 0.29) is 12.3 Å². The molecule has 0 aliphatic rings. The van der Waals surface area contributed by atoms with Gasteiger partial charge in [-0.3, -0.25) is 4.79 Å². The number of hydrogen-bond donors (Lipinski definition) is 1. The summed E-state index contributed by atoms with van der Waals surface area (Å²) >= 11 is 1.60. The highest BCUT2D eigenvalue weighted by Crippen LogP contribution is 2.11. The zero-order chi connectivity index (χ0) is 13.0. The molecule has 0 aromatic carbocycles. The Labute approximate surface area is 103 Å². The molecular formula is C12H24N2OS. The first kappa shape index (κ1) is 17.5. The Balaban J connectivity index is 0. The van der Waals surface area contributed by atoms with Gasteiger partial charge in [0.25, 0.3) is 0 Å². The normalized spacial score (nSPS) is 8.31. The maximum atomic E-state index is 10.5. The van der Waals surface area contributed by atoms with Crippen LogP contribution in [0.3, 0.4) is 0 Å². The van der Waals surface area contributed by atoms with Gasteiger partial charge < -0.3 is 5.73 Å². The molecule has 94 valence electrons. The maximum Gasteiger partial charge on any atom is 0.223 e. The van der Waals surface area contributed by atoms with Crippen molar-refractivity contribution in [2.24, 2.45) is 5.73 Å². The average molecular weight is 244 g/mol. The van der Waals surface area contributed by atoms with E-state index in [1.165, 1.54) is 0 Å². The van der Waals surface area contributed by atoms with Gasteiger partial charge in [0.15, 0.2) is 0 Å². The van der Waals surface area contributed by atoms with Crippen molar-refractivity contribution in [1.29, 1.82) is 0 Å². The second-order valence-corrected chi connectivity index (χ2v) is 3.57. The minimum Gasteiger partial charge on any atom is -0.369 e. The first-order valence-electron chi connectivity index (χ1n) is 5.94. The number of carbonyl (C=O) groups is 1. The number of primary amides is 1. The largest absolute Gasteiger partial charge is 0.369 e. The molecule has 0 aliphatic carbocycles. The zero-order valence-corrected chi connectivity index (χ0v) is 11.9. The Hall–Kier alpha value is -0.900. The lowest BCUT2D eigenvalue weighted by Crippen LogP contribution is -2.13. The molecule has 2 N–H and O–H groups in total. The third kappa shape index (κ3) is 8.41. The van der Waals surface area contributed by atoms with E-state index in [1.807, 2.05) is 33.1 Å². The van der Waals surface area contributed by atoms with Crippen LogP contribution in [0.1, 0.15) is 51.7 Å². The van der Waals surface area contributed by atoms with Crippen LogP contribution < -0.4 is 5.73 Å². The quantitative estimate of drug-likeness (QED) is 0.884. The van der Waals surface area contributed by atoms with Crippen molar-refractivity contribution in [2.75, 3.05) is 0 Å². The van der Waals surface area contributed by atoms with Gasteiger partial charge in [-0.2, -0.15) is 0 Å². The van der Waals surface area contributed by atoms with Gasteiger partial charge >= 0.3 is 0 Å². The molecule has 1 aromatic rings. The van der Waals surface area contributed by atoms with Gasteiger partial charge in [0.2, 0.25) is 5.91 Å². The molecule has 0 saturated heterocycles. The number of thiazole rings is 1. The smallest absolute Gasteiger partial charge is 0.223 e. The minimum absolute atomic E-state index is 0.264. The van der Waals surface area contributed by atoms with E-state index >= 15 is 0 Å². The van der Waals surface area contributed by atoms with E-state index in [9.17, 15) is 4.79 Å². The number of amides is 1. The van der Waals surface area contributed by atoms with Crippen molar-refractivity contribution in [1.82, 2.24) is 4.98 Å². The van der Waals surface area contributed by atoms with E-state index in [1.54, 1.807) is 11.3 Å². The SMILES string of the molecule is CC.CC.CCCc1nc(CC(N)=O)cs1. The molecule has 0 fully saturated rings. The van der Waals surface area contributed by atoms with Gasteiger partial charge in [-0.05, 0) is 12.8 Å². The molecule has 0 aliphatic heterocycles. The molecular weight excluding hydrogens is 220 g/mol. The van der Waals surface area contributed by atoms with Crippen LogP contribution in [0.15, 0.2) is 5.38 Å². The Kier molecular flexibility index (Phi) is 13.3. The molecule has 0 bridgehead atoms. The number of hydrogen-bond acceptors (Lipinski definition) is 3. The van der Waals surface area contributed by atoms with E-state index in [0.29, 0.717) is 0 Å². The van der Waals surface area contributed by atoms with Gasteiger partial charge in [-0.1, -0.05) is 34.6 Å². The summed E-state index contributed by atoms with van der Waals surface area (Å²) in [6, 6.07) is 0. The molecule has 0 unspecified atom stereocenters. The number of nitrogens with zero attached hydrogens (tertiary/aromatic N) is 1. The Bertz CT molecular complexity index is 272. The van der Waals surface area contributed by atoms with Gasteiger partial charge in [0, 0.05) is 5.38 Å². The van der Waals surface area contributed by atoms with Crippen molar-refractivity contribution in [3.05, 3.63) is 16.1 Å². The lowest BCUT2D eigenvalue weighted by Gasteiger charge is -1.89. The predicted octanol–water partition coefficient (Wildman–Crippen LogP) is 3.18. The fraction of sp³-hybridized carbons (Fsp3) is 0.667. The Morgan fingerprint density at radius 1 is 1.38 bits per heavy atom. The van der Waals surface area contributed by atoms with Crippen LogP contribution in [0.25, 0.3) is 0 Å². The summed E-state index contributed by atoms with van der Waals surface area (Å²) in [5, 5.41) is 2.99. The fourth-order valence-electron chi connectivity index (χ4n) is 0.937. The van der Waals surface area contributed by atoms with Crippen LogP contribution in [-0.4, -0.2) is 10.9 Å². The molecule has 1 amide bonds. The van der Waals surface area contributed by atoms with Gasteiger partial charge in [0.05, 0.1) is 17.1 Å². The van der Waals surface area contributed by atoms with Crippen LogP contribution in [-0.2, 0) is 17.6 Å². The molecule has 3 nitrogen and oxygen atoms in total. The lowest BCUT2D eigenvalue weighted by atomic mass is 10.3. The van der Waals surface area contributed by atoms with Crippen molar-refractivity contribution in [3.63, 3.8) is 0 Å². The topological polar surface area (TPSA) is 56.0 Å². The summed E-state index contributed by atoms with van der Waals surface area (Å²) in [4.78, 5) is 14.8. The molecule has 0 atom stereocenters. The van der Waals surface area contributed by atoms with Gasteiger partial charge in [-0.15, -0.1) is 11.3 Å². The van der Waals surface area contributed by atoms with Crippen LogP contribution in [0.5, 0.6) is 0 Å². The van der Waals surface area contributed by atoms with Crippen molar-refractivity contribution in [3.8, 4) is 0 Å². The standard InChI is InChI=1S/C8H12N2OS.2C2H6/c1-2-3-8-10-6(5-12-8)4-7(9)11;2*1-2/h5H,2-4H2,1H3,(H2,9,11);2*1-2H3. The maximum absolute atomic E-state index is 10.5. The van der Waals surface area contributed by atoms with E-state index in [4.69, 9.17) is 5.73 Å². The number of nitrogens with two attached hydrogens (primary N) is 1. The molecule has 0 radical (unpaired) electrons. The molecule has 4 heteroatoms. The van der Waals surface area contributed by atoms with Crippen LogP contribution in [0.2, 0.25) is 0 Å². The second-order valence-electron chi connectivity index (χ2n) is 2.63. The molecule has 1 heterocycles. The highest BCUT2D eigenvalue weighted by atomic mass is 32.1. The average Bonchev–Trinajstić information content (AvgIpc) is 2.71. The Morgan fingerprint density at radius 2 is 1.94 bits per heavy atom. The predicted molar refractivity (Wildman–Crippen MR) is 71.7 cm³/mol. The monoisotopic (exact) mass is 244 g/mol.